The second-order valence-electron chi connectivity index (χ2n) is 7.12. The summed E-state index contributed by atoms with van der Waals surface area (Å²) in [5.74, 6) is 1.51. The zero-order chi connectivity index (χ0) is 15.4. The number of hydrogen-bond acceptors (Lipinski definition) is 2. The van der Waals surface area contributed by atoms with Crippen LogP contribution >= 0.6 is 11.6 Å². The summed E-state index contributed by atoms with van der Waals surface area (Å²) >= 11 is 6.03. The van der Waals surface area contributed by atoms with E-state index < -0.39 is 0 Å². The molecule has 0 radical (unpaired) electrons. The molecule has 1 fully saturated rings. The summed E-state index contributed by atoms with van der Waals surface area (Å²) in [7, 11) is 4.31. The van der Waals surface area contributed by atoms with Crippen LogP contribution in [0.25, 0.3) is 0 Å². The Bertz CT molecular complexity index is 413. The smallest absolute Gasteiger partial charge is 0.0406 e. The first-order valence-electron chi connectivity index (χ1n) is 8.12. The minimum atomic E-state index is 0.478. The van der Waals surface area contributed by atoms with Crippen LogP contribution in [0.4, 0.5) is 0 Å². The van der Waals surface area contributed by atoms with Gasteiger partial charge in [0.25, 0.3) is 0 Å². The lowest BCUT2D eigenvalue weighted by atomic mass is 9.98. The van der Waals surface area contributed by atoms with Gasteiger partial charge in [-0.15, -0.1) is 0 Å². The molecule has 0 amide bonds. The molecule has 21 heavy (non-hydrogen) atoms. The van der Waals surface area contributed by atoms with Crippen molar-refractivity contribution in [1.82, 2.24) is 10.2 Å². The third-order valence-electron chi connectivity index (χ3n) is 4.08. The highest BCUT2D eigenvalue weighted by molar-refractivity contribution is 6.30. The summed E-state index contributed by atoms with van der Waals surface area (Å²) in [5, 5.41) is 4.75. The van der Waals surface area contributed by atoms with Crippen LogP contribution in [0.3, 0.4) is 0 Å². The first-order valence-corrected chi connectivity index (χ1v) is 8.49. The number of halogens is 1. The van der Waals surface area contributed by atoms with Gasteiger partial charge in [-0.3, -0.25) is 0 Å². The van der Waals surface area contributed by atoms with Crippen LogP contribution in [0.5, 0.6) is 0 Å². The molecular formula is C18H29ClN2. The number of likely N-dealkylation sites (N-methyl/N-ethyl adjacent to an activating group) is 1. The van der Waals surface area contributed by atoms with Gasteiger partial charge in [0.2, 0.25) is 0 Å². The molecule has 0 aromatic heterocycles. The van der Waals surface area contributed by atoms with E-state index >= 15 is 0 Å². The summed E-state index contributed by atoms with van der Waals surface area (Å²) in [6.07, 6.45) is 3.91. The van der Waals surface area contributed by atoms with Gasteiger partial charge in [0.05, 0.1) is 0 Å². The Kier molecular flexibility index (Phi) is 6.09. The first-order chi connectivity index (χ1) is 9.95. The second kappa shape index (κ2) is 7.62. The number of benzene rings is 1. The Morgan fingerprint density at radius 2 is 1.81 bits per heavy atom. The summed E-state index contributed by atoms with van der Waals surface area (Å²) in [6.45, 7) is 5.70. The minimum Gasteiger partial charge on any atom is -0.308 e. The molecule has 1 aromatic rings. The molecule has 1 aliphatic carbocycles. The van der Waals surface area contributed by atoms with Crippen molar-refractivity contribution in [2.75, 3.05) is 20.6 Å². The maximum absolute atomic E-state index is 6.03. The quantitative estimate of drug-likeness (QED) is 0.767. The molecule has 1 aliphatic rings. The van der Waals surface area contributed by atoms with Crippen molar-refractivity contribution in [3.63, 3.8) is 0 Å². The molecule has 0 saturated heterocycles. The average Bonchev–Trinajstić information content (AvgIpc) is 3.19. The van der Waals surface area contributed by atoms with Gasteiger partial charge in [-0.25, -0.2) is 0 Å². The molecule has 1 aromatic carbocycles. The molecule has 2 rings (SSSR count). The molecule has 0 spiro atoms. The molecule has 1 saturated carbocycles. The van der Waals surface area contributed by atoms with E-state index in [0.717, 1.165) is 17.5 Å². The molecule has 0 heterocycles. The van der Waals surface area contributed by atoms with Gasteiger partial charge in [0.15, 0.2) is 0 Å². The summed E-state index contributed by atoms with van der Waals surface area (Å²) < 4.78 is 0. The molecule has 0 aliphatic heterocycles. The van der Waals surface area contributed by atoms with Crippen LogP contribution in [0.2, 0.25) is 5.02 Å². The fraction of sp³-hybridized carbons (Fsp3) is 0.667. The van der Waals surface area contributed by atoms with E-state index in [1.54, 1.807) is 0 Å². The van der Waals surface area contributed by atoms with Crippen molar-refractivity contribution in [3.05, 3.63) is 34.9 Å². The van der Waals surface area contributed by atoms with Crippen molar-refractivity contribution in [1.29, 1.82) is 0 Å². The summed E-state index contributed by atoms with van der Waals surface area (Å²) in [5.41, 5.74) is 1.38. The molecular weight excluding hydrogens is 280 g/mol. The molecule has 2 atom stereocenters. The van der Waals surface area contributed by atoms with Crippen LogP contribution in [-0.2, 0) is 0 Å². The maximum atomic E-state index is 6.03. The van der Waals surface area contributed by atoms with Crippen LogP contribution in [0, 0.1) is 11.8 Å². The standard InChI is InChI=1S/C18H29ClN2/c1-13(2)11-17(12-21(3)4)20-18(14-5-6-14)15-7-9-16(19)10-8-15/h7-10,13-14,17-18,20H,5-6,11-12H2,1-4H3. The van der Waals surface area contributed by atoms with Crippen molar-refractivity contribution in [3.8, 4) is 0 Å². The largest absolute Gasteiger partial charge is 0.308 e. The van der Waals surface area contributed by atoms with E-state index in [0.29, 0.717) is 18.0 Å². The highest BCUT2D eigenvalue weighted by Gasteiger charge is 2.33. The number of rotatable bonds is 8. The van der Waals surface area contributed by atoms with E-state index in [9.17, 15) is 0 Å². The number of nitrogens with one attached hydrogen (secondary N) is 1. The molecule has 118 valence electrons. The Hall–Kier alpha value is -0.570. The minimum absolute atomic E-state index is 0.478. The zero-order valence-corrected chi connectivity index (χ0v) is 14.5. The van der Waals surface area contributed by atoms with Gasteiger partial charge in [0, 0.05) is 23.7 Å². The molecule has 1 N–H and O–H groups in total. The topological polar surface area (TPSA) is 15.3 Å². The summed E-state index contributed by atoms with van der Waals surface area (Å²) in [4.78, 5) is 2.28. The molecule has 3 heteroatoms. The highest BCUT2D eigenvalue weighted by atomic mass is 35.5. The van der Waals surface area contributed by atoms with Crippen LogP contribution in [0.15, 0.2) is 24.3 Å². The Morgan fingerprint density at radius 3 is 2.29 bits per heavy atom. The first kappa shape index (κ1) is 16.8. The van der Waals surface area contributed by atoms with Gasteiger partial charge < -0.3 is 10.2 Å². The molecule has 0 bridgehead atoms. The normalized spacial score (nSPS) is 18.2. The number of hydrogen-bond donors (Lipinski definition) is 1. The van der Waals surface area contributed by atoms with Gasteiger partial charge in [-0.1, -0.05) is 37.6 Å². The van der Waals surface area contributed by atoms with E-state index in [-0.39, 0.29) is 0 Å². The lowest BCUT2D eigenvalue weighted by Crippen LogP contribution is -2.41. The van der Waals surface area contributed by atoms with Crippen LogP contribution in [-0.4, -0.2) is 31.6 Å². The molecule has 2 unspecified atom stereocenters. The van der Waals surface area contributed by atoms with Crippen molar-refractivity contribution in [2.24, 2.45) is 11.8 Å². The van der Waals surface area contributed by atoms with Crippen LogP contribution < -0.4 is 5.32 Å². The van der Waals surface area contributed by atoms with Gasteiger partial charge in [-0.2, -0.15) is 0 Å². The lowest BCUT2D eigenvalue weighted by Gasteiger charge is -2.29. The highest BCUT2D eigenvalue weighted by Crippen LogP contribution is 2.41. The fourth-order valence-electron chi connectivity index (χ4n) is 3.06. The van der Waals surface area contributed by atoms with Gasteiger partial charge >= 0.3 is 0 Å². The van der Waals surface area contributed by atoms with E-state index in [2.05, 4.69) is 50.3 Å². The molecule has 2 nitrogen and oxygen atoms in total. The van der Waals surface area contributed by atoms with E-state index in [4.69, 9.17) is 11.6 Å². The zero-order valence-electron chi connectivity index (χ0n) is 13.8. The van der Waals surface area contributed by atoms with Crippen molar-refractivity contribution >= 4 is 11.6 Å². The summed E-state index contributed by atoms with van der Waals surface area (Å²) in [6, 6.07) is 9.41. The van der Waals surface area contributed by atoms with Crippen molar-refractivity contribution < 1.29 is 0 Å². The predicted octanol–water partition coefficient (Wildman–Crippen LogP) is 4.36. The van der Waals surface area contributed by atoms with E-state index in [1.165, 1.54) is 24.8 Å². The van der Waals surface area contributed by atoms with Crippen molar-refractivity contribution in [2.45, 2.75) is 45.2 Å². The van der Waals surface area contributed by atoms with Gasteiger partial charge in [0.1, 0.15) is 0 Å². The monoisotopic (exact) mass is 308 g/mol. The second-order valence-corrected chi connectivity index (χ2v) is 7.56. The van der Waals surface area contributed by atoms with Gasteiger partial charge in [-0.05, 0) is 62.9 Å². The van der Waals surface area contributed by atoms with Crippen LogP contribution in [0.1, 0.15) is 44.7 Å². The third-order valence-corrected chi connectivity index (χ3v) is 4.33. The Labute approximate surface area is 134 Å². The number of nitrogens with zero attached hydrogens (tertiary/aromatic N) is 1. The Morgan fingerprint density at radius 1 is 1.19 bits per heavy atom. The SMILES string of the molecule is CC(C)CC(CN(C)C)NC(c1ccc(Cl)cc1)C1CC1. The predicted molar refractivity (Wildman–Crippen MR) is 91.8 cm³/mol. The lowest BCUT2D eigenvalue weighted by molar-refractivity contribution is 0.277. The third kappa shape index (κ3) is 5.61. The maximum Gasteiger partial charge on any atom is 0.0406 e. The fourth-order valence-corrected chi connectivity index (χ4v) is 3.19. The Balaban J connectivity index is 2.07. The average molecular weight is 309 g/mol. The van der Waals surface area contributed by atoms with E-state index in [1.807, 2.05) is 12.1 Å².